The number of rotatable bonds is 4. The van der Waals surface area contributed by atoms with Crippen LogP contribution in [0.15, 0.2) is 35.0 Å². The minimum atomic E-state index is 0.184. The third-order valence-corrected chi connectivity index (χ3v) is 4.97. The van der Waals surface area contributed by atoms with Gasteiger partial charge in [-0.1, -0.05) is 23.4 Å². The smallest absolute Gasteiger partial charge is 0.223 e. The number of hydrogen-bond acceptors (Lipinski definition) is 4. The fourth-order valence-electron chi connectivity index (χ4n) is 3.63. The Bertz CT molecular complexity index is 882. The van der Waals surface area contributed by atoms with E-state index in [-0.39, 0.29) is 11.8 Å². The fraction of sp³-hybridized carbons (Fsp3) is 0.421. The molecule has 1 aliphatic rings. The Labute approximate surface area is 146 Å². The second-order valence-electron chi connectivity index (χ2n) is 6.71. The standard InChI is InChI=1S/C19H22N4O2/c1-13-21-19(22-25-13)15-5-4-10-23(12-15)18(24)9-8-14-11-20-17-7-3-2-6-16(14)17/h2-3,6-7,11,15,20H,4-5,8-10,12H2,1H3/t15-/m0/s1. The zero-order chi connectivity index (χ0) is 17.2. The molecule has 1 saturated heterocycles. The van der Waals surface area contributed by atoms with Crippen LogP contribution in [0.25, 0.3) is 10.9 Å². The summed E-state index contributed by atoms with van der Waals surface area (Å²) < 4.78 is 5.08. The third-order valence-electron chi connectivity index (χ3n) is 4.97. The highest BCUT2D eigenvalue weighted by molar-refractivity contribution is 5.84. The van der Waals surface area contributed by atoms with Gasteiger partial charge in [-0.05, 0) is 30.9 Å². The van der Waals surface area contributed by atoms with Crippen LogP contribution >= 0.6 is 0 Å². The summed E-state index contributed by atoms with van der Waals surface area (Å²) in [6.45, 7) is 3.30. The fourth-order valence-corrected chi connectivity index (χ4v) is 3.63. The number of aryl methyl sites for hydroxylation is 2. The molecule has 4 rings (SSSR count). The van der Waals surface area contributed by atoms with Crippen molar-refractivity contribution in [3.63, 3.8) is 0 Å². The van der Waals surface area contributed by atoms with Gasteiger partial charge in [0.25, 0.3) is 0 Å². The molecular weight excluding hydrogens is 316 g/mol. The van der Waals surface area contributed by atoms with Crippen molar-refractivity contribution in [2.45, 2.75) is 38.5 Å². The number of carbonyl (C=O) groups excluding carboxylic acids is 1. The lowest BCUT2D eigenvalue weighted by Gasteiger charge is -2.31. The molecule has 25 heavy (non-hydrogen) atoms. The van der Waals surface area contributed by atoms with Crippen LogP contribution < -0.4 is 0 Å². The Balaban J connectivity index is 1.39. The average Bonchev–Trinajstić information content (AvgIpc) is 3.26. The number of nitrogens with one attached hydrogen (secondary N) is 1. The number of fused-ring (bicyclic) bond motifs is 1. The molecule has 0 aliphatic carbocycles. The van der Waals surface area contributed by atoms with E-state index in [2.05, 4.69) is 27.3 Å². The van der Waals surface area contributed by atoms with Gasteiger partial charge in [0.1, 0.15) is 0 Å². The van der Waals surface area contributed by atoms with Gasteiger partial charge in [0.2, 0.25) is 11.8 Å². The van der Waals surface area contributed by atoms with E-state index in [0.717, 1.165) is 37.1 Å². The van der Waals surface area contributed by atoms with Crippen molar-refractivity contribution in [2.75, 3.05) is 13.1 Å². The summed E-state index contributed by atoms with van der Waals surface area (Å²) in [6.07, 6.45) is 5.28. The maximum Gasteiger partial charge on any atom is 0.223 e. The number of benzene rings is 1. The zero-order valence-corrected chi connectivity index (χ0v) is 14.4. The van der Waals surface area contributed by atoms with E-state index in [1.807, 2.05) is 23.2 Å². The van der Waals surface area contributed by atoms with Crippen molar-refractivity contribution >= 4 is 16.8 Å². The second kappa shape index (κ2) is 6.70. The minimum Gasteiger partial charge on any atom is -0.361 e. The Morgan fingerprint density at radius 3 is 3.12 bits per heavy atom. The number of para-hydroxylation sites is 1. The van der Waals surface area contributed by atoms with Crippen molar-refractivity contribution in [3.05, 3.63) is 47.7 Å². The highest BCUT2D eigenvalue weighted by atomic mass is 16.5. The number of piperidine rings is 1. The molecule has 2 aromatic heterocycles. The van der Waals surface area contributed by atoms with Crippen LogP contribution in [-0.4, -0.2) is 39.0 Å². The summed E-state index contributed by atoms with van der Waals surface area (Å²) in [7, 11) is 0. The molecule has 0 saturated carbocycles. The van der Waals surface area contributed by atoms with Crippen molar-refractivity contribution < 1.29 is 9.32 Å². The lowest BCUT2D eigenvalue weighted by Crippen LogP contribution is -2.39. The summed E-state index contributed by atoms with van der Waals surface area (Å²) >= 11 is 0. The van der Waals surface area contributed by atoms with Crippen LogP contribution in [0.3, 0.4) is 0 Å². The van der Waals surface area contributed by atoms with Gasteiger partial charge < -0.3 is 14.4 Å². The van der Waals surface area contributed by atoms with Crippen LogP contribution in [0.5, 0.6) is 0 Å². The van der Waals surface area contributed by atoms with E-state index in [0.29, 0.717) is 18.9 Å². The summed E-state index contributed by atoms with van der Waals surface area (Å²) in [5.74, 6) is 1.70. The van der Waals surface area contributed by atoms with Crippen LogP contribution in [-0.2, 0) is 11.2 Å². The Hall–Kier alpha value is -2.63. The first-order chi connectivity index (χ1) is 12.2. The number of aromatic nitrogens is 3. The average molecular weight is 338 g/mol. The Morgan fingerprint density at radius 2 is 2.28 bits per heavy atom. The summed E-state index contributed by atoms with van der Waals surface area (Å²) in [5, 5.41) is 5.23. The normalized spacial score (nSPS) is 18.0. The van der Waals surface area contributed by atoms with Gasteiger partial charge in [0.05, 0.1) is 0 Å². The lowest BCUT2D eigenvalue weighted by atomic mass is 9.97. The predicted molar refractivity (Wildman–Crippen MR) is 94.2 cm³/mol. The topological polar surface area (TPSA) is 75.0 Å². The minimum absolute atomic E-state index is 0.184. The van der Waals surface area contributed by atoms with Gasteiger partial charge in [0, 0.05) is 49.5 Å². The molecular formula is C19H22N4O2. The van der Waals surface area contributed by atoms with Crippen LogP contribution in [0.2, 0.25) is 0 Å². The summed E-state index contributed by atoms with van der Waals surface area (Å²) in [5.41, 5.74) is 2.32. The number of aromatic amines is 1. The monoisotopic (exact) mass is 338 g/mol. The van der Waals surface area contributed by atoms with E-state index in [4.69, 9.17) is 4.52 Å². The quantitative estimate of drug-likeness (QED) is 0.793. The molecule has 1 atom stereocenters. The zero-order valence-electron chi connectivity index (χ0n) is 14.4. The summed E-state index contributed by atoms with van der Waals surface area (Å²) in [6, 6.07) is 8.20. The van der Waals surface area contributed by atoms with Gasteiger partial charge in [0.15, 0.2) is 5.82 Å². The van der Waals surface area contributed by atoms with Gasteiger partial charge in [-0.3, -0.25) is 4.79 Å². The number of nitrogens with zero attached hydrogens (tertiary/aromatic N) is 3. The lowest BCUT2D eigenvalue weighted by molar-refractivity contribution is -0.132. The molecule has 1 amide bonds. The van der Waals surface area contributed by atoms with E-state index in [1.165, 1.54) is 10.9 Å². The maximum atomic E-state index is 12.7. The molecule has 3 heterocycles. The second-order valence-corrected chi connectivity index (χ2v) is 6.71. The number of amides is 1. The van der Waals surface area contributed by atoms with Crippen molar-refractivity contribution in [1.82, 2.24) is 20.0 Å². The molecule has 0 spiro atoms. The highest BCUT2D eigenvalue weighted by Crippen LogP contribution is 2.26. The van der Waals surface area contributed by atoms with Crippen LogP contribution in [0.4, 0.5) is 0 Å². The highest BCUT2D eigenvalue weighted by Gasteiger charge is 2.27. The molecule has 3 aromatic rings. The van der Waals surface area contributed by atoms with Gasteiger partial charge >= 0.3 is 0 Å². The molecule has 6 nitrogen and oxygen atoms in total. The molecule has 0 bridgehead atoms. The number of likely N-dealkylation sites (tertiary alicyclic amines) is 1. The number of carbonyl (C=O) groups is 1. The molecule has 1 fully saturated rings. The van der Waals surface area contributed by atoms with Crippen LogP contribution in [0.1, 0.15) is 42.5 Å². The van der Waals surface area contributed by atoms with E-state index >= 15 is 0 Å². The first-order valence-corrected chi connectivity index (χ1v) is 8.83. The third kappa shape index (κ3) is 3.29. The molecule has 6 heteroatoms. The van der Waals surface area contributed by atoms with Crippen molar-refractivity contribution in [3.8, 4) is 0 Å². The van der Waals surface area contributed by atoms with E-state index in [9.17, 15) is 4.79 Å². The SMILES string of the molecule is Cc1nc([C@H]2CCCN(C(=O)CCc3c[nH]c4ccccc34)C2)no1. The van der Waals surface area contributed by atoms with Gasteiger partial charge in [-0.2, -0.15) is 4.98 Å². The Morgan fingerprint density at radius 1 is 1.40 bits per heavy atom. The summed E-state index contributed by atoms with van der Waals surface area (Å²) in [4.78, 5) is 22.2. The van der Waals surface area contributed by atoms with E-state index in [1.54, 1.807) is 6.92 Å². The molecule has 1 aliphatic heterocycles. The molecule has 130 valence electrons. The molecule has 1 aromatic carbocycles. The first kappa shape index (κ1) is 15.9. The Kier molecular flexibility index (Phi) is 4.26. The molecule has 0 radical (unpaired) electrons. The van der Waals surface area contributed by atoms with Crippen molar-refractivity contribution in [2.24, 2.45) is 0 Å². The number of H-pyrrole nitrogens is 1. The maximum absolute atomic E-state index is 12.7. The van der Waals surface area contributed by atoms with Gasteiger partial charge in [-0.25, -0.2) is 0 Å². The molecule has 1 N–H and O–H groups in total. The van der Waals surface area contributed by atoms with E-state index < -0.39 is 0 Å². The van der Waals surface area contributed by atoms with Gasteiger partial charge in [-0.15, -0.1) is 0 Å². The molecule has 0 unspecified atom stereocenters. The van der Waals surface area contributed by atoms with Crippen molar-refractivity contribution in [1.29, 1.82) is 0 Å². The van der Waals surface area contributed by atoms with Crippen LogP contribution in [0, 0.1) is 6.92 Å². The largest absolute Gasteiger partial charge is 0.361 e. The first-order valence-electron chi connectivity index (χ1n) is 8.83. The number of hydrogen-bond donors (Lipinski definition) is 1. The predicted octanol–water partition coefficient (Wildman–Crippen LogP) is 3.20.